The van der Waals surface area contributed by atoms with Crippen LogP contribution in [0.15, 0.2) is 65.3 Å². The van der Waals surface area contributed by atoms with E-state index in [2.05, 4.69) is 4.99 Å². The van der Waals surface area contributed by atoms with E-state index in [9.17, 15) is 25.0 Å². The van der Waals surface area contributed by atoms with Gasteiger partial charge >= 0.3 is 5.97 Å². The predicted molar refractivity (Wildman–Crippen MR) is 139 cm³/mol. The van der Waals surface area contributed by atoms with Gasteiger partial charge in [0.1, 0.15) is 6.61 Å². The molecule has 1 aliphatic heterocycles. The zero-order valence-corrected chi connectivity index (χ0v) is 21.1. The highest BCUT2D eigenvalue weighted by Gasteiger charge is 2.27. The average molecular weight is 558 g/mol. The number of nitro groups is 2. The standard InChI is InChI=1S/C25H17Cl2N3O8/c1-2-36-22-11-15(9-20(27)23(22)37-13-14-4-3-5-16(8-14)29(32)33)10-21-25(31)38-24(28-21)18-7-6-17(30(34)35)12-19(18)26/h3-12H,2,13H2,1H3/b21-10-. The molecule has 4 rings (SSSR count). The second-order valence-corrected chi connectivity index (χ2v) is 8.55. The van der Waals surface area contributed by atoms with Gasteiger partial charge in [0.25, 0.3) is 11.4 Å². The molecule has 0 aliphatic carbocycles. The summed E-state index contributed by atoms with van der Waals surface area (Å²) < 4.78 is 16.7. The van der Waals surface area contributed by atoms with Gasteiger partial charge in [-0.3, -0.25) is 20.2 Å². The van der Waals surface area contributed by atoms with Gasteiger partial charge in [0, 0.05) is 24.3 Å². The van der Waals surface area contributed by atoms with Crippen LogP contribution in [0.5, 0.6) is 11.5 Å². The molecule has 0 radical (unpaired) electrons. The first-order chi connectivity index (χ1) is 18.2. The Morgan fingerprint density at radius 3 is 2.39 bits per heavy atom. The lowest BCUT2D eigenvalue weighted by molar-refractivity contribution is -0.385. The number of halogens is 2. The van der Waals surface area contributed by atoms with E-state index in [1.165, 1.54) is 36.4 Å². The van der Waals surface area contributed by atoms with Gasteiger partial charge in [0.05, 0.1) is 32.1 Å². The first-order valence-electron chi connectivity index (χ1n) is 11.0. The quantitative estimate of drug-likeness (QED) is 0.132. The van der Waals surface area contributed by atoms with Crippen LogP contribution in [0.2, 0.25) is 10.0 Å². The molecule has 0 saturated heterocycles. The molecule has 3 aromatic rings. The average Bonchev–Trinajstić information content (AvgIpc) is 3.23. The van der Waals surface area contributed by atoms with Crippen LogP contribution in [0.25, 0.3) is 6.08 Å². The van der Waals surface area contributed by atoms with Gasteiger partial charge in [-0.15, -0.1) is 0 Å². The Bertz CT molecular complexity index is 1520. The number of rotatable bonds is 9. The van der Waals surface area contributed by atoms with Crippen molar-refractivity contribution in [3.05, 3.63) is 107 Å². The van der Waals surface area contributed by atoms with E-state index >= 15 is 0 Å². The second-order valence-electron chi connectivity index (χ2n) is 7.74. The summed E-state index contributed by atoms with van der Waals surface area (Å²) in [5, 5.41) is 22.1. The van der Waals surface area contributed by atoms with Gasteiger partial charge in [-0.05, 0) is 42.3 Å². The number of nitrogens with zero attached hydrogens (tertiary/aromatic N) is 3. The first-order valence-corrected chi connectivity index (χ1v) is 11.7. The number of benzene rings is 3. The van der Waals surface area contributed by atoms with Gasteiger partial charge in [-0.1, -0.05) is 35.3 Å². The maximum atomic E-state index is 12.5. The lowest BCUT2D eigenvalue weighted by Gasteiger charge is -2.14. The fraction of sp³-hybridized carbons (Fsp3) is 0.120. The van der Waals surface area contributed by atoms with E-state index in [-0.39, 0.29) is 63.3 Å². The maximum Gasteiger partial charge on any atom is 0.363 e. The minimum atomic E-state index is -0.755. The Morgan fingerprint density at radius 1 is 0.974 bits per heavy atom. The van der Waals surface area contributed by atoms with E-state index in [4.69, 9.17) is 37.4 Å². The summed E-state index contributed by atoms with van der Waals surface area (Å²) in [5.74, 6) is -0.354. The van der Waals surface area contributed by atoms with Gasteiger partial charge in [-0.25, -0.2) is 9.79 Å². The number of esters is 1. The molecule has 0 bridgehead atoms. The minimum Gasteiger partial charge on any atom is -0.490 e. The van der Waals surface area contributed by atoms with Crippen LogP contribution in [-0.4, -0.2) is 28.3 Å². The molecule has 0 amide bonds. The van der Waals surface area contributed by atoms with Crippen LogP contribution < -0.4 is 9.47 Å². The summed E-state index contributed by atoms with van der Waals surface area (Å²) in [6.07, 6.45) is 1.42. The number of hydrogen-bond acceptors (Lipinski definition) is 9. The molecule has 194 valence electrons. The molecule has 0 fully saturated rings. The smallest absolute Gasteiger partial charge is 0.363 e. The molecule has 1 aliphatic rings. The monoisotopic (exact) mass is 557 g/mol. The fourth-order valence-electron chi connectivity index (χ4n) is 3.46. The molecule has 0 aromatic heterocycles. The van der Waals surface area contributed by atoms with Crippen molar-refractivity contribution in [3.8, 4) is 11.5 Å². The molecule has 1 heterocycles. The largest absolute Gasteiger partial charge is 0.490 e. The van der Waals surface area contributed by atoms with E-state index in [0.29, 0.717) is 11.1 Å². The van der Waals surface area contributed by atoms with Crippen LogP contribution in [0, 0.1) is 20.2 Å². The van der Waals surface area contributed by atoms with E-state index in [0.717, 1.165) is 6.07 Å². The molecule has 38 heavy (non-hydrogen) atoms. The van der Waals surface area contributed by atoms with Gasteiger partial charge in [0.2, 0.25) is 5.90 Å². The molecule has 13 heteroatoms. The van der Waals surface area contributed by atoms with Gasteiger partial charge < -0.3 is 14.2 Å². The Morgan fingerprint density at radius 2 is 1.71 bits per heavy atom. The fourth-order valence-corrected chi connectivity index (χ4v) is 3.99. The van der Waals surface area contributed by atoms with Crippen molar-refractivity contribution in [2.75, 3.05) is 6.61 Å². The minimum absolute atomic E-state index is 0.000994. The number of non-ortho nitro benzene ring substituents is 2. The third-order valence-corrected chi connectivity index (χ3v) is 5.75. The third-order valence-electron chi connectivity index (χ3n) is 5.15. The summed E-state index contributed by atoms with van der Waals surface area (Å²) in [6.45, 7) is 2.05. The topological polar surface area (TPSA) is 143 Å². The number of aliphatic imine (C=N–C) groups is 1. The van der Waals surface area contributed by atoms with Crippen LogP contribution in [-0.2, 0) is 16.1 Å². The first kappa shape index (κ1) is 26.6. The van der Waals surface area contributed by atoms with Crippen molar-refractivity contribution in [1.82, 2.24) is 0 Å². The number of hydrogen-bond donors (Lipinski definition) is 0. The molecule has 0 spiro atoms. The summed E-state index contributed by atoms with van der Waals surface area (Å²) in [7, 11) is 0. The van der Waals surface area contributed by atoms with Crippen LogP contribution in [0.4, 0.5) is 11.4 Å². The number of ether oxygens (including phenoxy) is 3. The number of carbonyl (C=O) groups excluding carboxylic acids is 1. The lowest BCUT2D eigenvalue weighted by Crippen LogP contribution is -2.06. The van der Waals surface area contributed by atoms with Crippen molar-refractivity contribution in [3.63, 3.8) is 0 Å². The summed E-state index contributed by atoms with van der Waals surface area (Å²) in [5.41, 5.74) is 0.885. The van der Waals surface area contributed by atoms with Crippen LogP contribution in [0.1, 0.15) is 23.6 Å². The van der Waals surface area contributed by atoms with Crippen molar-refractivity contribution in [1.29, 1.82) is 0 Å². The molecule has 0 N–H and O–H groups in total. The highest BCUT2D eigenvalue weighted by atomic mass is 35.5. The van der Waals surface area contributed by atoms with Crippen molar-refractivity contribution in [2.24, 2.45) is 4.99 Å². The molecule has 3 aromatic carbocycles. The summed E-state index contributed by atoms with van der Waals surface area (Å²) in [4.78, 5) is 37.5. The maximum absolute atomic E-state index is 12.5. The second kappa shape index (κ2) is 11.3. The highest BCUT2D eigenvalue weighted by molar-refractivity contribution is 6.35. The zero-order chi connectivity index (χ0) is 27.4. The highest BCUT2D eigenvalue weighted by Crippen LogP contribution is 2.38. The zero-order valence-electron chi connectivity index (χ0n) is 19.6. The Hall–Kier alpha value is -4.48. The molecular formula is C25H17Cl2N3O8. The van der Waals surface area contributed by atoms with Crippen molar-refractivity contribution in [2.45, 2.75) is 13.5 Å². The molecule has 0 atom stereocenters. The number of cyclic esters (lactones) is 1. The SMILES string of the molecule is CCOc1cc(/C=C2\N=C(c3ccc([N+](=O)[O-])cc3Cl)OC2=O)cc(Cl)c1OCc1cccc([N+](=O)[O-])c1. The van der Waals surface area contributed by atoms with Crippen LogP contribution in [0.3, 0.4) is 0 Å². The van der Waals surface area contributed by atoms with E-state index in [1.807, 2.05) is 0 Å². The molecular weight excluding hydrogens is 541 g/mol. The van der Waals surface area contributed by atoms with Gasteiger partial charge in [-0.2, -0.15) is 0 Å². The molecule has 11 nitrogen and oxygen atoms in total. The van der Waals surface area contributed by atoms with Crippen molar-refractivity contribution < 1.29 is 28.9 Å². The Labute approximate surface area is 225 Å². The lowest BCUT2D eigenvalue weighted by atomic mass is 10.1. The van der Waals surface area contributed by atoms with E-state index < -0.39 is 15.8 Å². The Kier molecular flexibility index (Phi) is 7.89. The summed E-state index contributed by atoms with van der Waals surface area (Å²) in [6, 6.07) is 12.8. The number of nitro benzene ring substituents is 2. The van der Waals surface area contributed by atoms with Gasteiger partial charge in [0.15, 0.2) is 17.2 Å². The molecule has 0 unspecified atom stereocenters. The molecule has 0 saturated carbocycles. The Balaban J connectivity index is 1.61. The van der Waals surface area contributed by atoms with E-state index in [1.54, 1.807) is 25.1 Å². The third kappa shape index (κ3) is 5.90. The number of carbonyl (C=O) groups is 1. The predicted octanol–water partition coefficient (Wildman–Crippen LogP) is 6.13. The summed E-state index contributed by atoms with van der Waals surface area (Å²) >= 11 is 12.6. The van der Waals surface area contributed by atoms with Crippen molar-refractivity contribution >= 4 is 52.5 Å². The normalized spacial score (nSPS) is 13.7. The van der Waals surface area contributed by atoms with Crippen LogP contribution >= 0.6 is 23.2 Å².